The number of hydrogen-bond donors (Lipinski definition) is 1. The first-order chi connectivity index (χ1) is 14.3. The van der Waals surface area contributed by atoms with Gasteiger partial charge in [0.25, 0.3) is 0 Å². The van der Waals surface area contributed by atoms with Crippen molar-refractivity contribution in [2.75, 3.05) is 0 Å². The molecule has 0 heterocycles. The summed E-state index contributed by atoms with van der Waals surface area (Å²) in [5.74, 6) is 2.16. The molecule has 4 aliphatic rings. The summed E-state index contributed by atoms with van der Waals surface area (Å²) in [7, 11) is 0. The molecule has 0 aromatic carbocycles. The van der Waals surface area contributed by atoms with Crippen molar-refractivity contribution in [3.63, 3.8) is 0 Å². The minimum Gasteiger partial charge on any atom is -0.393 e. The van der Waals surface area contributed by atoms with E-state index in [0.717, 1.165) is 24.7 Å². The largest absolute Gasteiger partial charge is 0.393 e. The van der Waals surface area contributed by atoms with Crippen molar-refractivity contribution in [2.24, 2.45) is 34.0 Å². The van der Waals surface area contributed by atoms with E-state index in [-0.39, 0.29) is 21.8 Å². The second-order valence-electron chi connectivity index (χ2n) is 13.3. The molecule has 1 fully saturated rings. The zero-order valence-electron chi connectivity index (χ0n) is 21.3. The molecule has 1 nitrogen and oxygen atoms in total. The minimum atomic E-state index is -0.143. The minimum absolute atomic E-state index is 0.0313. The van der Waals surface area contributed by atoms with Crippen LogP contribution in [0, 0.1) is 34.0 Å². The highest BCUT2D eigenvalue weighted by molar-refractivity contribution is 6.23. The summed E-state index contributed by atoms with van der Waals surface area (Å²) in [4.78, 5) is -0.0668. The van der Waals surface area contributed by atoms with E-state index in [0.29, 0.717) is 11.3 Å². The van der Waals surface area contributed by atoms with Crippen molar-refractivity contribution in [1.82, 2.24) is 0 Å². The van der Waals surface area contributed by atoms with Gasteiger partial charge in [-0.2, -0.15) is 0 Å². The molecule has 2 heteroatoms. The van der Waals surface area contributed by atoms with Crippen molar-refractivity contribution in [2.45, 2.75) is 124 Å². The van der Waals surface area contributed by atoms with Crippen LogP contribution >= 0.6 is 11.6 Å². The van der Waals surface area contributed by atoms with Crippen LogP contribution in [0.5, 0.6) is 0 Å². The molecule has 0 aliphatic heterocycles. The van der Waals surface area contributed by atoms with Gasteiger partial charge >= 0.3 is 0 Å². The lowest BCUT2D eigenvalue weighted by Crippen LogP contribution is -2.53. The number of aliphatic hydroxyl groups excluding tert-OH is 1. The first-order valence-corrected chi connectivity index (χ1v) is 13.5. The molecule has 1 N–H and O–H groups in total. The molecule has 0 saturated heterocycles. The zero-order valence-corrected chi connectivity index (χ0v) is 22.0. The summed E-state index contributed by atoms with van der Waals surface area (Å²) >= 11 is 6.46. The Morgan fingerprint density at radius 1 is 1.10 bits per heavy atom. The van der Waals surface area contributed by atoms with Crippen LogP contribution in [0.15, 0.2) is 22.8 Å². The Hall–Kier alpha value is -0.270. The summed E-state index contributed by atoms with van der Waals surface area (Å²) in [5.41, 5.74) is 5.94. The number of hydrogen-bond acceptors (Lipinski definition) is 1. The van der Waals surface area contributed by atoms with Crippen molar-refractivity contribution in [3.05, 3.63) is 22.8 Å². The van der Waals surface area contributed by atoms with Gasteiger partial charge in [-0.1, -0.05) is 59.1 Å². The Morgan fingerprint density at radius 3 is 2.48 bits per heavy atom. The number of fused-ring (bicyclic) bond motifs is 4. The maximum absolute atomic E-state index is 10.8. The van der Waals surface area contributed by atoms with Crippen LogP contribution in [-0.2, 0) is 0 Å². The maximum Gasteiger partial charge on any atom is 0.0594 e. The summed E-state index contributed by atoms with van der Waals surface area (Å²) in [6, 6.07) is 0. The van der Waals surface area contributed by atoms with Crippen LogP contribution in [-0.4, -0.2) is 16.1 Å². The van der Waals surface area contributed by atoms with Crippen LogP contribution in [0.2, 0.25) is 0 Å². The first-order valence-electron chi connectivity index (χ1n) is 13.1. The van der Waals surface area contributed by atoms with Gasteiger partial charge in [0.1, 0.15) is 0 Å². The molecule has 0 unspecified atom stereocenters. The third kappa shape index (κ3) is 3.88. The van der Waals surface area contributed by atoms with Gasteiger partial charge in [-0.05, 0) is 110 Å². The molecule has 31 heavy (non-hydrogen) atoms. The molecular formula is C29H47ClO. The van der Waals surface area contributed by atoms with E-state index >= 15 is 0 Å². The smallest absolute Gasteiger partial charge is 0.0594 e. The van der Waals surface area contributed by atoms with Gasteiger partial charge in [-0.3, -0.25) is 0 Å². The van der Waals surface area contributed by atoms with Crippen molar-refractivity contribution >= 4 is 11.6 Å². The molecule has 0 radical (unpaired) electrons. The van der Waals surface area contributed by atoms with E-state index in [1.807, 2.05) is 0 Å². The molecule has 176 valence electrons. The SMILES string of the molecule is C[C@H](CCCC(C)(C)Cl)[C@H]1CC=C2C3=C(CC[C@@]21C)[C@@]1(C)CC[C@H](O)C(C)(C)[C@@H]1CC3. The number of rotatable bonds is 5. The third-order valence-electron chi connectivity index (χ3n) is 10.5. The molecule has 0 bridgehead atoms. The van der Waals surface area contributed by atoms with E-state index in [2.05, 4.69) is 54.5 Å². The fourth-order valence-corrected chi connectivity index (χ4v) is 8.76. The lowest BCUT2D eigenvalue weighted by Gasteiger charge is -2.59. The van der Waals surface area contributed by atoms with Crippen molar-refractivity contribution in [1.29, 1.82) is 0 Å². The lowest BCUT2D eigenvalue weighted by molar-refractivity contribution is -0.0905. The van der Waals surface area contributed by atoms with E-state index in [4.69, 9.17) is 11.6 Å². The predicted octanol–water partition coefficient (Wildman–Crippen LogP) is 8.45. The summed E-state index contributed by atoms with van der Waals surface area (Å²) < 4.78 is 0. The molecule has 4 aliphatic carbocycles. The van der Waals surface area contributed by atoms with E-state index in [9.17, 15) is 5.11 Å². The molecule has 0 spiro atoms. The first kappa shape index (κ1) is 23.9. The Bertz CT molecular complexity index is 768. The van der Waals surface area contributed by atoms with Crippen LogP contribution < -0.4 is 0 Å². The fraction of sp³-hybridized carbons (Fsp3) is 0.862. The van der Waals surface area contributed by atoms with Crippen LogP contribution in [0.25, 0.3) is 0 Å². The molecule has 4 rings (SSSR count). The van der Waals surface area contributed by atoms with Crippen molar-refractivity contribution < 1.29 is 5.11 Å². The molecule has 0 aromatic heterocycles. The molecule has 0 aromatic rings. The highest BCUT2D eigenvalue weighted by atomic mass is 35.5. The van der Waals surface area contributed by atoms with Crippen molar-refractivity contribution in [3.8, 4) is 0 Å². The molecule has 1 saturated carbocycles. The standard InChI is InChI=1S/C29H47ClO/c1-19(9-8-16-26(2,3)30)21-11-12-22-20-10-13-24-27(4,5)25(31)15-18-29(24,7)23(20)14-17-28(21,22)6/h12,19,21,24-25,31H,8-11,13-18H2,1-7H3/t19-,21-,24+,25+,28-,29-/m1/s1. The van der Waals surface area contributed by atoms with Crippen LogP contribution in [0.3, 0.4) is 0 Å². The Morgan fingerprint density at radius 2 is 1.81 bits per heavy atom. The number of alkyl halides is 1. The summed E-state index contributed by atoms with van der Waals surface area (Å²) in [6.45, 7) is 16.6. The Balaban J connectivity index is 1.56. The average Bonchev–Trinajstić information content (AvgIpc) is 3.01. The molecule has 0 amide bonds. The highest BCUT2D eigenvalue weighted by Gasteiger charge is 2.57. The third-order valence-corrected chi connectivity index (χ3v) is 10.7. The monoisotopic (exact) mass is 446 g/mol. The van der Waals surface area contributed by atoms with Gasteiger partial charge in [-0.15, -0.1) is 11.6 Å². The zero-order chi connectivity index (χ0) is 22.8. The second-order valence-corrected chi connectivity index (χ2v) is 14.3. The second kappa shape index (κ2) is 7.90. The lowest BCUT2D eigenvalue weighted by atomic mass is 9.46. The summed E-state index contributed by atoms with van der Waals surface area (Å²) in [6.07, 6.45) is 14.6. The number of allylic oxidation sites excluding steroid dienone is 4. The quantitative estimate of drug-likeness (QED) is 0.420. The predicted molar refractivity (Wildman–Crippen MR) is 133 cm³/mol. The van der Waals surface area contributed by atoms with Gasteiger partial charge < -0.3 is 5.11 Å². The summed E-state index contributed by atoms with van der Waals surface area (Å²) in [5, 5.41) is 10.8. The van der Waals surface area contributed by atoms with E-state index in [1.165, 1.54) is 51.4 Å². The van der Waals surface area contributed by atoms with Gasteiger partial charge in [-0.25, -0.2) is 0 Å². The highest BCUT2D eigenvalue weighted by Crippen LogP contribution is 2.66. The Kier molecular flexibility index (Phi) is 6.08. The Labute approximate surface area is 197 Å². The van der Waals surface area contributed by atoms with Gasteiger partial charge in [0, 0.05) is 4.87 Å². The molecular weight excluding hydrogens is 400 g/mol. The van der Waals surface area contributed by atoms with Crippen LogP contribution in [0.4, 0.5) is 0 Å². The topological polar surface area (TPSA) is 20.2 Å². The average molecular weight is 447 g/mol. The maximum atomic E-state index is 10.8. The van der Waals surface area contributed by atoms with E-state index in [1.54, 1.807) is 16.7 Å². The van der Waals surface area contributed by atoms with E-state index < -0.39 is 0 Å². The number of aliphatic hydroxyl groups is 1. The molecule has 6 atom stereocenters. The van der Waals surface area contributed by atoms with Crippen LogP contribution in [0.1, 0.15) is 113 Å². The van der Waals surface area contributed by atoms with Gasteiger partial charge in [0.2, 0.25) is 0 Å². The fourth-order valence-electron chi connectivity index (χ4n) is 8.62. The van der Waals surface area contributed by atoms with Gasteiger partial charge in [0.05, 0.1) is 6.10 Å². The number of halogens is 1. The normalized spacial score (nSPS) is 40.7. The van der Waals surface area contributed by atoms with Gasteiger partial charge in [0.15, 0.2) is 0 Å².